The minimum Gasteiger partial charge on any atom is -0.453 e. The number of hydrogen-bond acceptors (Lipinski definition) is 4. The molecule has 1 heterocycles. The molecule has 0 saturated heterocycles. The number of anilines is 1. The second kappa shape index (κ2) is 8.55. The van der Waals surface area contributed by atoms with E-state index in [0.717, 1.165) is 35.4 Å². The number of aromatic nitrogens is 2. The number of hydrogen-bond donors (Lipinski definition) is 2. The maximum Gasteiger partial charge on any atom is 0.411 e. The Hall–Kier alpha value is -3.75. The van der Waals surface area contributed by atoms with Crippen molar-refractivity contribution >= 4 is 17.7 Å². The zero-order valence-corrected chi connectivity index (χ0v) is 16.7. The fourth-order valence-corrected chi connectivity index (χ4v) is 3.59. The first-order valence-corrected chi connectivity index (χ1v) is 9.74. The van der Waals surface area contributed by atoms with Gasteiger partial charge in [-0.2, -0.15) is 5.10 Å². The molecule has 2 aromatic carbocycles. The standard InChI is InChI=1S/C22H20F2N4O3/c1-31-22(30)26-14-7-5-13(6-8-14)12-25-21(29)20-16-3-2-4-19(16)28(27-20)15-9-10-17(23)18(24)11-15/h5-11H,2-4,12H2,1H3,(H,25,29)(H,26,30). The van der Waals surface area contributed by atoms with E-state index in [1.165, 1.54) is 17.9 Å². The summed E-state index contributed by atoms with van der Waals surface area (Å²) in [6.07, 6.45) is 1.72. The molecule has 2 N–H and O–H groups in total. The third kappa shape index (κ3) is 4.25. The first-order valence-electron chi connectivity index (χ1n) is 9.74. The largest absolute Gasteiger partial charge is 0.453 e. The molecule has 9 heteroatoms. The number of rotatable bonds is 5. The molecular formula is C22H20F2N4O3. The van der Waals surface area contributed by atoms with Gasteiger partial charge in [-0.3, -0.25) is 10.1 Å². The lowest BCUT2D eigenvalue weighted by Crippen LogP contribution is -2.24. The monoisotopic (exact) mass is 426 g/mol. The van der Waals surface area contributed by atoms with Crippen LogP contribution in [0.2, 0.25) is 0 Å². The van der Waals surface area contributed by atoms with Crippen molar-refractivity contribution in [3.8, 4) is 5.69 Å². The number of halogens is 2. The Morgan fingerprint density at radius 2 is 1.87 bits per heavy atom. The van der Waals surface area contributed by atoms with E-state index in [4.69, 9.17) is 0 Å². The minimum atomic E-state index is -0.962. The Morgan fingerprint density at radius 1 is 1.10 bits per heavy atom. The van der Waals surface area contributed by atoms with Crippen LogP contribution in [0.15, 0.2) is 42.5 Å². The van der Waals surface area contributed by atoms with Crippen LogP contribution < -0.4 is 10.6 Å². The molecule has 0 bridgehead atoms. The first kappa shape index (κ1) is 20.5. The Bertz CT molecular complexity index is 1140. The number of ether oxygens (including phenoxy) is 1. The van der Waals surface area contributed by atoms with Gasteiger partial charge < -0.3 is 10.1 Å². The van der Waals surface area contributed by atoms with Crippen molar-refractivity contribution in [2.75, 3.05) is 12.4 Å². The molecule has 160 valence electrons. The van der Waals surface area contributed by atoms with Gasteiger partial charge in [0.05, 0.1) is 12.8 Å². The van der Waals surface area contributed by atoms with E-state index in [1.807, 2.05) is 0 Å². The van der Waals surface area contributed by atoms with E-state index in [9.17, 15) is 18.4 Å². The number of fused-ring (bicyclic) bond motifs is 1. The minimum absolute atomic E-state index is 0.268. The van der Waals surface area contributed by atoms with Gasteiger partial charge in [-0.15, -0.1) is 0 Å². The second-order valence-corrected chi connectivity index (χ2v) is 7.13. The highest BCUT2D eigenvalue weighted by Gasteiger charge is 2.27. The van der Waals surface area contributed by atoms with Crippen LogP contribution in [0, 0.1) is 11.6 Å². The summed E-state index contributed by atoms with van der Waals surface area (Å²) in [6.45, 7) is 0.268. The van der Waals surface area contributed by atoms with E-state index < -0.39 is 17.7 Å². The Labute approximate surface area is 177 Å². The molecule has 0 spiro atoms. The highest BCUT2D eigenvalue weighted by molar-refractivity contribution is 5.94. The van der Waals surface area contributed by atoms with Gasteiger partial charge in [-0.25, -0.2) is 18.3 Å². The predicted octanol–water partition coefficient (Wildman–Crippen LogP) is 3.75. The van der Waals surface area contributed by atoms with Crippen molar-refractivity contribution in [3.05, 3.63) is 76.6 Å². The molecule has 1 aromatic heterocycles. The highest BCUT2D eigenvalue weighted by atomic mass is 19.2. The van der Waals surface area contributed by atoms with Gasteiger partial charge in [0.15, 0.2) is 17.3 Å². The quantitative estimate of drug-likeness (QED) is 0.651. The molecule has 1 aliphatic carbocycles. The summed E-state index contributed by atoms with van der Waals surface area (Å²) in [4.78, 5) is 24.0. The van der Waals surface area contributed by atoms with Crippen molar-refractivity contribution in [2.24, 2.45) is 0 Å². The van der Waals surface area contributed by atoms with Gasteiger partial charge in [0.1, 0.15) is 0 Å². The molecule has 0 atom stereocenters. The zero-order valence-electron chi connectivity index (χ0n) is 16.7. The van der Waals surface area contributed by atoms with Gasteiger partial charge in [0.25, 0.3) is 5.91 Å². The van der Waals surface area contributed by atoms with Crippen molar-refractivity contribution in [2.45, 2.75) is 25.8 Å². The van der Waals surface area contributed by atoms with E-state index in [2.05, 4.69) is 20.5 Å². The number of methoxy groups -OCH3 is 1. The van der Waals surface area contributed by atoms with E-state index in [-0.39, 0.29) is 12.5 Å². The van der Waals surface area contributed by atoms with E-state index in [0.29, 0.717) is 29.9 Å². The van der Waals surface area contributed by atoms with Crippen LogP contribution in [-0.4, -0.2) is 28.9 Å². The Kier molecular flexibility index (Phi) is 5.66. The fourth-order valence-electron chi connectivity index (χ4n) is 3.59. The first-order chi connectivity index (χ1) is 15.0. The number of nitrogens with zero attached hydrogens (tertiary/aromatic N) is 2. The van der Waals surface area contributed by atoms with Crippen LogP contribution in [0.1, 0.15) is 33.7 Å². The summed E-state index contributed by atoms with van der Waals surface area (Å²) in [5, 5.41) is 9.79. The van der Waals surface area contributed by atoms with Gasteiger partial charge in [0.2, 0.25) is 0 Å². The van der Waals surface area contributed by atoms with Crippen LogP contribution in [0.3, 0.4) is 0 Å². The van der Waals surface area contributed by atoms with Crippen molar-refractivity contribution < 1.29 is 23.1 Å². The summed E-state index contributed by atoms with van der Waals surface area (Å²) in [6, 6.07) is 10.5. The van der Waals surface area contributed by atoms with Gasteiger partial charge >= 0.3 is 6.09 Å². The molecule has 1 aliphatic rings. The number of carbonyl (C=O) groups excluding carboxylic acids is 2. The number of benzene rings is 2. The van der Waals surface area contributed by atoms with Gasteiger partial charge in [-0.1, -0.05) is 12.1 Å². The average Bonchev–Trinajstić information content (AvgIpc) is 3.38. The molecular weight excluding hydrogens is 406 g/mol. The fraction of sp³-hybridized carbons (Fsp3) is 0.227. The molecule has 4 rings (SSSR count). The number of nitrogens with one attached hydrogen (secondary N) is 2. The number of carbonyl (C=O) groups is 2. The molecule has 7 nitrogen and oxygen atoms in total. The molecule has 0 unspecified atom stereocenters. The SMILES string of the molecule is COC(=O)Nc1ccc(CNC(=O)c2nn(-c3ccc(F)c(F)c3)c3c2CCC3)cc1. The normalized spacial score (nSPS) is 12.4. The maximum atomic E-state index is 13.7. The maximum absolute atomic E-state index is 13.7. The number of amides is 2. The van der Waals surface area contributed by atoms with Crippen molar-refractivity contribution in [1.29, 1.82) is 0 Å². The topological polar surface area (TPSA) is 85.2 Å². The second-order valence-electron chi connectivity index (χ2n) is 7.13. The average molecular weight is 426 g/mol. The molecule has 0 radical (unpaired) electrons. The summed E-state index contributed by atoms with van der Waals surface area (Å²) in [5.74, 6) is -2.23. The van der Waals surface area contributed by atoms with Crippen LogP contribution >= 0.6 is 0 Å². The van der Waals surface area contributed by atoms with Crippen LogP contribution in [0.5, 0.6) is 0 Å². The lowest BCUT2D eigenvalue weighted by Gasteiger charge is -2.07. The van der Waals surface area contributed by atoms with Crippen LogP contribution in [0.4, 0.5) is 19.3 Å². The smallest absolute Gasteiger partial charge is 0.411 e. The molecule has 0 aliphatic heterocycles. The third-order valence-corrected chi connectivity index (χ3v) is 5.13. The summed E-state index contributed by atoms with van der Waals surface area (Å²) in [7, 11) is 1.28. The Morgan fingerprint density at radius 3 is 2.58 bits per heavy atom. The molecule has 2 amide bonds. The zero-order chi connectivity index (χ0) is 22.0. The summed E-state index contributed by atoms with van der Waals surface area (Å²) < 4.78 is 33.0. The highest BCUT2D eigenvalue weighted by Crippen LogP contribution is 2.28. The lowest BCUT2D eigenvalue weighted by molar-refractivity contribution is 0.0944. The summed E-state index contributed by atoms with van der Waals surface area (Å²) >= 11 is 0. The molecule has 3 aromatic rings. The van der Waals surface area contributed by atoms with Crippen molar-refractivity contribution in [3.63, 3.8) is 0 Å². The summed E-state index contributed by atoms with van der Waals surface area (Å²) in [5.41, 5.74) is 3.76. The lowest BCUT2D eigenvalue weighted by atomic mass is 10.1. The predicted molar refractivity (Wildman–Crippen MR) is 109 cm³/mol. The van der Waals surface area contributed by atoms with E-state index >= 15 is 0 Å². The van der Waals surface area contributed by atoms with E-state index in [1.54, 1.807) is 24.3 Å². The van der Waals surface area contributed by atoms with Gasteiger partial charge in [0, 0.05) is 29.6 Å². The third-order valence-electron chi connectivity index (χ3n) is 5.13. The Balaban J connectivity index is 1.49. The van der Waals surface area contributed by atoms with Crippen molar-refractivity contribution in [1.82, 2.24) is 15.1 Å². The molecule has 0 fully saturated rings. The van der Waals surface area contributed by atoms with Gasteiger partial charge in [-0.05, 0) is 49.1 Å². The molecule has 31 heavy (non-hydrogen) atoms. The van der Waals surface area contributed by atoms with Crippen LogP contribution in [-0.2, 0) is 24.1 Å². The van der Waals surface area contributed by atoms with Crippen LogP contribution in [0.25, 0.3) is 5.69 Å². The molecule has 0 saturated carbocycles.